The molecule has 0 aliphatic carbocycles. The van der Waals surface area contributed by atoms with Crippen LogP contribution in [0.3, 0.4) is 0 Å². The number of H-pyrrole nitrogens is 1. The average molecular weight is 299 g/mol. The van der Waals surface area contributed by atoms with Gasteiger partial charge in [-0.1, -0.05) is 6.07 Å². The molecule has 1 aromatic carbocycles. The molecule has 90 valence electrons. The summed E-state index contributed by atoms with van der Waals surface area (Å²) in [7, 11) is 1.72. The Morgan fingerprint density at radius 1 is 1.53 bits per heavy atom. The number of hydrogen-bond acceptors (Lipinski definition) is 3. The molecule has 0 aliphatic rings. The first kappa shape index (κ1) is 11.9. The summed E-state index contributed by atoms with van der Waals surface area (Å²) in [5.41, 5.74) is 2.26. The molecular formula is C11H11BrN2O3. The van der Waals surface area contributed by atoms with E-state index in [0.717, 1.165) is 12.0 Å². The second-order valence-corrected chi connectivity index (χ2v) is 4.45. The molecule has 0 bridgehead atoms. The molecule has 0 aliphatic heterocycles. The van der Waals surface area contributed by atoms with Crippen molar-refractivity contribution >= 4 is 31.8 Å². The number of halogens is 1. The highest BCUT2D eigenvalue weighted by atomic mass is 79.9. The highest BCUT2D eigenvalue weighted by Gasteiger charge is 2.05. The van der Waals surface area contributed by atoms with Crippen molar-refractivity contribution in [1.82, 2.24) is 9.88 Å². The molecule has 0 saturated heterocycles. The fourth-order valence-electron chi connectivity index (χ4n) is 1.54. The first-order chi connectivity index (χ1) is 8.06. The Kier molecular flexibility index (Phi) is 3.33. The van der Waals surface area contributed by atoms with Crippen LogP contribution in [0.1, 0.15) is 5.56 Å². The minimum atomic E-state index is -0.454. The summed E-state index contributed by atoms with van der Waals surface area (Å²) in [6.07, 6.45) is 0.719. The molecule has 17 heavy (non-hydrogen) atoms. The number of aromatic amines is 1. The lowest BCUT2D eigenvalue weighted by Crippen LogP contribution is -2.23. The lowest BCUT2D eigenvalue weighted by atomic mass is 10.1. The van der Waals surface area contributed by atoms with Gasteiger partial charge in [0.05, 0.1) is 5.52 Å². The van der Waals surface area contributed by atoms with Gasteiger partial charge in [-0.2, -0.15) is 0 Å². The molecule has 0 radical (unpaired) electrons. The number of nitrogens with one attached hydrogen (secondary N) is 1. The maximum atomic E-state index is 11.0. The van der Waals surface area contributed by atoms with E-state index >= 15 is 0 Å². The van der Waals surface area contributed by atoms with Gasteiger partial charge in [-0.05, 0) is 24.1 Å². The van der Waals surface area contributed by atoms with Gasteiger partial charge in [0, 0.05) is 29.5 Å². The first-order valence-electron chi connectivity index (χ1n) is 5.08. The van der Waals surface area contributed by atoms with Crippen LogP contribution in [-0.2, 0) is 6.42 Å². The summed E-state index contributed by atoms with van der Waals surface area (Å²) >= 11 is 2.88. The van der Waals surface area contributed by atoms with Crippen molar-refractivity contribution in [2.24, 2.45) is 0 Å². The SMILES string of the molecule is CN(CCc1ccc2oc(=O)[nH]c2c1)C(=O)Br. The molecule has 2 rings (SSSR count). The van der Waals surface area contributed by atoms with E-state index in [9.17, 15) is 9.59 Å². The highest BCUT2D eigenvalue weighted by molar-refractivity contribution is 9.18. The van der Waals surface area contributed by atoms with Crippen molar-refractivity contribution in [3.8, 4) is 0 Å². The van der Waals surface area contributed by atoms with Crippen molar-refractivity contribution in [2.45, 2.75) is 6.42 Å². The average Bonchev–Trinajstić information content (AvgIpc) is 2.64. The normalized spacial score (nSPS) is 10.7. The zero-order chi connectivity index (χ0) is 12.4. The van der Waals surface area contributed by atoms with Gasteiger partial charge in [0.25, 0.3) is 4.82 Å². The summed E-state index contributed by atoms with van der Waals surface area (Å²) in [5, 5.41) is 0. The Morgan fingerprint density at radius 2 is 2.29 bits per heavy atom. The largest absolute Gasteiger partial charge is 0.417 e. The number of rotatable bonds is 3. The van der Waals surface area contributed by atoms with Crippen LogP contribution in [-0.4, -0.2) is 28.3 Å². The van der Waals surface area contributed by atoms with E-state index in [1.807, 2.05) is 12.1 Å². The molecule has 0 fully saturated rings. The number of carbonyl (C=O) groups excluding carboxylic acids is 1. The number of benzene rings is 1. The van der Waals surface area contributed by atoms with Crippen molar-refractivity contribution in [2.75, 3.05) is 13.6 Å². The Bertz CT molecular complexity index is 602. The number of nitrogens with zero attached hydrogens (tertiary/aromatic N) is 1. The van der Waals surface area contributed by atoms with E-state index < -0.39 is 5.76 Å². The van der Waals surface area contributed by atoms with Crippen LogP contribution in [0.2, 0.25) is 0 Å². The lowest BCUT2D eigenvalue weighted by molar-refractivity contribution is 0.235. The molecule has 0 unspecified atom stereocenters. The lowest BCUT2D eigenvalue weighted by Gasteiger charge is -2.12. The fourth-order valence-corrected chi connectivity index (χ4v) is 1.72. The fraction of sp³-hybridized carbons (Fsp3) is 0.273. The van der Waals surface area contributed by atoms with Crippen molar-refractivity contribution in [1.29, 1.82) is 0 Å². The van der Waals surface area contributed by atoms with E-state index in [0.29, 0.717) is 17.6 Å². The van der Waals surface area contributed by atoms with Crippen LogP contribution in [0.15, 0.2) is 27.4 Å². The van der Waals surface area contributed by atoms with Gasteiger partial charge in [0.1, 0.15) is 0 Å². The van der Waals surface area contributed by atoms with Gasteiger partial charge in [-0.15, -0.1) is 0 Å². The van der Waals surface area contributed by atoms with Gasteiger partial charge in [-0.25, -0.2) is 4.79 Å². The molecule has 1 N–H and O–H groups in total. The van der Waals surface area contributed by atoms with Crippen LogP contribution >= 0.6 is 15.9 Å². The van der Waals surface area contributed by atoms with Crippen LogP contribution in [0.25, 0.3) is 11.1 Å². The molecule has 1 aromatic heterocycles. The maximum absolute atomic E-state index is 11.0. The Hall–Kier alpha value is -1.56. The standard InChI is InChI=1S/C11H11BrN2O3/c1-14(10(12)15)5-4-7-2-3-9-8(6-7)13-11(16)17-9/h2-3,6H,4-5H2,1H3,(H,13,16). The minimum Gasteiger partial charge on any atom is -0.408 e. The summed E-state index contributed by atoms with van der Waals surface area (Å²) in [5.74, 6) is -0.454. The smallest absolute Gasteiger partial charge is 0.408 e. The number of hydrogen-bond donors (Lipinski definition) is 1. The quantitative estimate of drug-likeness (QED) is 0.697. The van der Waals surface area contributed by atoms with E-state index in [1.165, 1.54) is 0 Å². The number of carbonyl (C=O) groups is 1. The Labute approximate surface area is 106 Å². The number of oxazole rings is 1. The number of aromatic nitrogens is 1. The van der Waals surface area contributed by atoms with E-state index in [2.05, 4.69) is 20.9 Å². The zero-order valence-electron chi connectivity index (χ0n) is 9.20. The third kappa shape index (κ3) is 2.76. The molecule has 0 spiro atoms. The van der Waals surface area contributed by atoms with E-state index in [4.69, 9.17) is 4.42 Å². The minimum absolute atomic E-state index is 0.143. The molecule has 2 aromatic rings. The van der Waals surface area contributed by atoms with Crippen molar-refractivity contribution in [3.05, 3.63) is 34.3 Å². The Balaban J connectivity index is 2.14. The molecule has 1 heterocycles. The summed E-state index contributed by atoms with van der Waals surface area (Å²) in [6, 6.07) is 5.48. The predicted molar refractivity (Wildman–Crippen MR) is 67.5 cm³/mol. The molecule has 0 saturated carbocycles. The molecule has 0 atom stereocenters. The molecular weight excluding hydrogens is 288 g/mol. The number of fused-ring (bicyclic) bond motifs is 1. The third-order valence-electron chi connectivity index (χ3n) is 2.52. The number of likely N-dealkylation sites (N-methyl/N-ethyl adjacent to an activating group) is 1. The molecule has 5 nitrogen and oxygen atoms in total. The van der Waals surface area contributed by atoms with Crippen LogP contribution in [0.4, 0.5) is 4.79 Å². The third-order valence-corrected chi connectivity index (χ3v) is 3.12. The van der Waals surface area contributed by atoms with Gasteiger partial charge in [0.15, 0.2) is 5.58 Å². The highest BCUT2D eigenvalue weighted by Crippen LogP contribution is 2.13. The monoisotopic (exact) mass is 298 g/mol. The van der Waals surface area contributed by atoms with E-state index in [-0.39, 0.29) is 4.82 Å². The molecule has 1 amide bonds. The van der Waals surface area contributed by atoms with Crippen molar-refractivity contribution in [3.63, 3.8) is 0 Å². The summed E-state index contributed by atoms with van der Waals surface area (Å²) in [6.45, 7) is 0.609. The van der Waals surface area contributed by atoms with Gasteiger partial charge >= 0.3 is 5.76 Å². The first-order valence-corrected chi connectivity index (χ1v) is 5.88. The summed E-state index contributed by atoms with van der Waals surface area (Å²) < 4.78 is 4.90. The second kappa shape index (κ2) is 4.75. The van der Waals surface area contributed by atoms with Crippen LogP contribution < -0.4 is 5.76 Å². The van der Waals surface area contributed by atoms with E-state index in [1.54, 1.807) is 18.0 Å². The second-order valence-electron chi connectivity index (χ2n) is 3.77. The topological polar surface area (TPSA) is 66.3 Å². The summed E-state index contributed by atoms with van der Waals surface area (Å²) in [4.78, 5) is 26.0. The van der Waals surface area contributed by atoms with Gasteiger partial charge in [-0.3, -0.25) is 9.78 Å². The Morgan fingerprint density at radius 3 is 3.00 bits per heavy atom. The maximum Gasteiger partial charge on any atom is 0.417 e. The van der Waals surface area contributed by atoms with Crippen molar-refractivity contribution < 1.29 is 9.21 Å². The predicted octanol–water partition coefficient (Wildman–Crippen LogP) is 2.11. The van der Waals surface area contributed by atoms with Crippen LogP contribution in [0.5, 0.6) is 0 Å². The van der Waals surface area contributed by atoms with Gasteiger partial charge in [0.2, 0.25) is 0 Å². The van der Waals surface area contributed by atoms with Crippen LogP contribution in [0, 0.1) is 0 Å². The number of amides is 1. The zero-order valence-corrected chi connectivity index (χ0v) is 10.8. The molecule has 6 heteroatoms. The van der Waals surface area contributed by atoms with Gasteiger partial charge < -0.3 is 9.32 Å².